The van der Waals surface area contributed by atoms with Gasteiger partial charge in [0.25, 0.3) is 0 Å². The first-order chi connectivity index (χ1) is 11.6. The number of aromatic nitrogens is 1. The van der Waals surface area contributed by atoms with Gasteiger partial charge in [0.15, 0.2) is 11.7 Å². The van der Waals surface area contributed by atoms with Gasteiger partial charge in [0.05, 0.1) is 12.0 Å². The SMILES string of the molecule is CCNC(=O)C(C)(C)CNC(=NCc1nc(C(F)(F)F)cs1)NCC. The summed E-state index contributed by atoms with van der Waals surface area (Å²) in [5.74, 6) is 0.330. The molecule has 1 aromatic rings. The Morgan fingerprint density at radius 2 is 1.84 bits per heavy atom. The molecule has 0 bridgehead atoms. The van der Waals surface area contributed by atoms with Gasteiger partial charge in [-0.1, -0.05) is 0 Å². The van der Waals surface area contributed by atoms with Crippen molar-refractivity contribution >= 4 is 23.2 Å². The fraction of sp³-hybridized carbons (Fsp3) is 0.667. The van der Waals surface area contributed by atoms with Crippen LogP contribution < -0.4 is 16.0 Å². The third-order valence-corrected chi connectivity index (χ3v) is 4.04. The Balaban J connectivity index is 2.71. The van der Waals surface area contributed by atoms with Gasteiger partial charge >= 0.3 is 6.18 Å². The highest BCUT2D eigenvalue weighted by molar-refractivity contribution is 7.09. The van der Waals surface area contributed by atoms with Crippen LogP contribution in [0.2, 0.25) is 0 Å². The summed E-state index contributed by atoms with van der Waals surface area (Å²) in [6, 6.07) is 0. The first-order valence-electron chi connectivity index (χ1n) is 7.92. The van der Waals surface area contributed by atoms with E-state index >= 15 is 0 Å². The van der Waals surface area contributed by atoms with Gasteiger partial charge in [0, 0.05) is 25.0 Å². The van der Waals surface area contributed by atoms with Crippen LogP contribution in [0.4, 0.5) is 13.2 Å². The van der Waals surface area contributed by atoms with Gasteiger partial charge in [-0.2, -0.15) is 13.2 Å². The lowest BCUT2D eigenvalue weighted by Crippen LogP contribution is -2.47. The van der Waals surface area contributed by atoms with Gasteiger partial charge in [-0.3, -0.25) is 4.79 Å². The molecule has 0 atom stereocenters. The largest absolute Gasteiger partial charge is 0.434 e. The molecule has 0 aliphatic rings. The summed E-state index contributed by atoms with van der Waals surface area (Å²) in [4.78, 5) is 19.8. The summed E-state index contributed by atoms with van der Waals surface area (Å²) < 4.78 is 37.7. The number of rotatable bonds is 7. The molecule has 6 nitrogen and oxygen atoms in total. The zero-order chi connectivity index (χ0) is 19.1. The monoisotopic (exact) mass is 379 g/mol. The molecule has 1 aromatic heterocycles. The minimum absolute atomic E-state index is 0.0255. The van der Waals surface area contributed by atoms with Crippen LogP contribution in [0.15, 0.2) is 10.4 Å². The fourth-order valence-corrected chi connectivity index (χ4v) is 2.51. The first-order valence-corrected chi connectivity index (χ1v) is 8.80. The smallest absolute Gasteiger partial charge is 0.357 e. The molecule has 25 heavy (non-hydrogen) atoms. The predicted molar refractivity (Wildman–Crippen MR) is 92.4 cm³/mol. The van der Waals surface area contributed by atoms with Crippen molar-refractivity contribution < 1.29 is 18.0 Å². The molecule has 0 aliphatic carbocycles. The lowest BCUT2D eigenvalue weighted by Gasteiger charge is -2.24. The fourth-order valence-electron chi connectivity index (χ4n) is 1.79. The molecule has 1 rings (SSSR count). The summed E-state index contributed by atoms with van der Waals surface area (Å²) in [6.07, 6.45) is -4.45. The van der Waals surface area contributed by atoms with Crippen LogP contribution >= 0.6 is 11.3 Å². The highest BCUT2D eigenvalue weighted by atomic mass is 32.1. The number of hydrogen-bond acceptors (Lipinski definition) is 4. The Hall–Kier alpha value is -1.84. The predicted octanol–water partition coefficient (Wildman–Crippen LogP) is 2.38. The molecule has 0 spiro atoms. The number of nitrogens with one attached hydrogen (secondary N) is 3. The second kappa shape index (κ2) is 9.02. The Morgan fingerprint density at radius 1 is 1.20 bits per heavy atom. The van der Waals surface area contributed by atoms with Gasteiger partial charge in [-0.25, -0.2) is 9.98 Å². The van der Waals surface area contributed by atoms with Crippen LogP contribution in [0.25, 0.3) is 0 Å². The number of hydrogen-bond donors (Lipinski definition) is 3. The molecule has 0 saturated heterocycles. The summed E-state index contributed by atoms with van der Waals surface area (Å²) in [6.45, 7) is 8.79. The number of alkyl halides is 3. The van der Waals surface area contributed by atoms with Crippen molar-refractivity contribution in [3.63, 3.8) is 0 Å². The molecule has 0 saturated carbocycles. The highest BCUT2D eigenvalue weighted by Crippen LogP contribution is 2.30. The van der Waals surface area contributed by atoms with Crippen LogP contribution in [0.3, 0.4) is 0 Å². The van der Waals surface area contributed by atoms with E-state index in [2.05, 4.69) is 25.9 Å². The highest BCUT2D eigenvalue weighted by Gasteiger charge is 2.33. The molecule has 0 fully saturated rings. The molecule has 1 heterocycles. The second-order valence-corrected chi connectivity index (χ2v) is 6.86. The van der Waals surface area contributed by atoms with Crippen molar-refractivity contribution in [1.82, 2.24) is 20.9 Å². The lowest BCUT2D eigenvalue weighted by molar-refractivity contribution is -0.140. The van der Waals surface area contributed by atoms with Gasteiger partial charge in [-0.15, -0.1) is 11.3 Å². The van der Waals surface area contributed by atoms with Gasteiger partial charge in [0.2, 0.25) is 5.91 Å². The Morgan fingerprint density at radius 3 is 2.36 bits per heavy atom. The zero-order valence-electron chi connectivity index (χ0n) is 14.8. The van der Waals surface area contributed by atoms with E-state index in [1.54, 1.807) is 13.8 Å². The van der Waals surface area contributed by atoms with Crippen molar-refractivity contribution in [3.8, 4) is 0 Å². The van der Waals surface area contributed by atoms with Crippen molar-refractivity contribution in [2.24, 2.45) is 10.4 Å². The average Bonchev–Trinajstić information content (AvgIpc) is 2.99. The maximum Gasteiger partial charge on any atom is 0.434 e. The van der Waals surface area contributed by atoms with E-state index < -0.39 is 17.3 Å². The maximum atomic E-state index is 12.6. The van der Waals surface area contributed by atoms with Gasteiger partial charge < -0.3 is 16.0 Å². The number of amides is 1. The quantitative estimate of drug-likeness (QED) is 0.502. The number of carbonyl (C=O) groups excluding carboxylic acids is 1. The van der Waals surface area contributed by atoms with Crippen molar-refractivity contribution in [2.75, 3.05) is 19.6 Å². The van der Waals surface area contributed by atoms with E-state index in [0.29, 0.717) is 25.6 Å². The molecule has 142 valence electrons. The van der Waals surface area contributed by atoms with Gasteiger partial charge in [0.1, 0.15) is 5.01 Å². The van der Waals surface area contributed by atoms with Crippen LogP contribution in [0.1, 0.15) is 38.4 Å². The molecule has 0 aliphatic heterocycles. The van der Waals surface area contributed by atoms with E-state index in [1.807, 2.05) is 13.8 Å². The third-order valence-electron chi connectivity index (χ3n) is 3.21. The average molecular weight is 379 g/mol. The van der Waals surface area contributed by atoms with E-state index in [9.17, 15) is 18.0 Å². The number of nitrogens with zero attached hydrogens (tertiary/aromatic N) is 2. The van der Waals surface area contributed by atoms with E-state index in [0.717, 1.165) is 16.7 Å². The van der Waals surface area contributed by atoms with E-state index in [4.69, 9.17) is 0 Å². The standard InChI is InChI=1S/C15H24F3N5OS/c1-5-19-12(24)14(3,4)9-22-13(20-6-2)21-7-11-23-10(8-25-11)15(16,17)18/h8H,5-7,9H2,1-4H3,(H,19,24)(H2,20,21,22). The zero-order valence-corrected chi connectivity index (χ0v) is 15.6. The van der Waals surface area contributed by atoms with Crippen LogP contribution in [0, 0.1) is 5.41 Å². The first kappa shape index (κ1) is 21.2. The van der Waals surface area contributed by atoms with E-state index in [1.165, 1.54) is 0 Å². The molecular formula is C15H24F3N5OS. The number of thiazole rings is 1. The molecule has 1 amide bonds. The van der Waals surface area contributed by atoms with Crippen LogP contribution in [0.5, 0.6) is 0 Å². The Bertz CT molecular complexity index is 598. The maximum absolute atomic E-state index is 12.6. The molecule has 0 radical (unpaired) electrons. The number of guanidine groups is 1. The number of carbonyl (C=O) groups is 1. The molecule has 0 unspecified atom stereocenters. The summed E-state index contributed by atoms with van der Waals surface area (Å²) in [5, 5.41) is 10.0. The van der Waals surface area contributed by atoms with Crippen molar-refractivity contribution in [1.29, 1.82) is 0 Å². The summed E-state index contributed by atoms with van der Waals surface area (Å²) in [7, 11) is 0. The van der Waals surface area contributed by atoms with Gasteiger partial charge in [-0.05, 0) is 27.7 Å². The topological polar surface area (TPSA) is 78.4 Å². The normalized spacial score (nSPS) is 12.8. The minimum atomic E-state index is -4.45. The van der Waals surface area contributed by atoms with Crippen molar-refractivity contribution in [2.45, 2.75) is 40.4 Å². The number of aliphatic imine (C=N–C) groups is 1. The second-order valence-electron chi connectivity index (χ2n) is 5.92. The summed E-state index contributed by atoms with van der Waals surface area (Å²) in [5.41, 5.74) is -1.56. The molecule has 10 heteroatoms. The van der Waals surface area contributed by atoms with Crippen LogP contribution in [-0.2, 0) is 17.5 Å². The molecule has 0 aromatic carbocycles. The third kappa shape index (κ3) is 6.89. The van der Waals surface area contributed by atoms with E-state index in [-0.39, 0.29) is 17.5 Å². The number of halogens is 3. The van der Waals surface area contributed by atoms with Crippen LogP contribution in [-0.4, -0.2) is 36.5 Å². The van der Waals surface area contributed by atoms with Crippen molar-refractivity contribution in [3.05, 3.63) is 16.1 Å². The Labute approximate surface area is 149 Å². The molecular weight excluding hydrogens is 355 g/mol. The Kier molecular flexibility index (Phi) is 7.65. The summed E-state index contributed by atoms with van der Waals surface area (Å²) >= 11 is 0.914. The lowest BCUT2D eigenvalue weighted by atomic mass is 9.92. The molecule has 3 N–H and O–H groups in total. The minimum Gasteiger partial charge on any atom is -0.357 e.